The van der Waals surface area contributed by atoms with Gasteiger partial charge in [0.25, 0.3) is 0 Å². The lowest BCUT2D eigenvalue weighted by atomic mass is 9.99. The lowest BCUT2D eigenvalue weighted by molar-refractivity contribution is -0.120. The van der Waals surface area contributed by atoms with Crippen molar-refractivity contribution in [1.29, 1.82) is 0 Å². The molecule has 7 nitrogen and oxygen atoms in total. The van der Waals surface area contributed by atoms with Gasteiger partial charge in [0.2, 0.25) is 11.8 Å². The second-order valence-electron chi connectivity index (χ2n) is 6.51. The van der Waals surface area contributed by atoms with Crippen molar-refractivity contribution in [2.45, 2.75) is 32.7 Å². The van der Waals surface area contributed by atoms with E-state index in [9.17, 15) is 9.59 Å². The molecule has 0 saturated heterocycles. The van der Waals surface area contributed by atoms with Gasteiger partial charge < -0.3 is 15.2 Å². The number of amides is 2. The van der Waals surface area contributed by atoms with E-state index in [0.29, 0.717) is 18.2 Å². The highest BCUT2D eigenvalue weighted by Gasteiger charge is 2.22. The third kappa shape index (κ3) is 4.17. The molecule has 1 aliphatic heterocycles. The molecule has 1 aromatic carbocycles. The van der Waals surface area contributed by atoms with E-state index in [1.807, 2.05) is 25.1 Å². The van der Waals surface area contributed by atoms with Crippen molar-refractivity contribution in [3.8, 4) is 0 Å². The fourth-order valence-electron chi connectivity index (χ4n) is 3.17. The number of hydrogen-bond acceptors (Lipinski definition) is 4. The Morgan fingerprint density at radius 2 is 2.15 bits per heavy atom. The number of benzene rings is 1. The zero-order valence-corrected chi connectivity index (χ0v) is 14.9. The van der Waals surface area contributed by atoms with Crippen LogP contribution in [0.5, 0.6) is 0 Å². The number of carbonyl (C=O) groups excluding carboxylic acids is 2. The molecule has 1 aliphatic rings. The van der Waals surface area contributed by atoms with Gasteiger partial charge in [-0.3, -0.25) is 9.59 Å². The summed E-state index contributed by atoms with van der Waals surface area (Å²) in [5.41, 5.74) is 1.41. The highest BCUT2D eigenvalue weighted by atomic mass is 16.2. The van der Waals surface area contributed by atoms with Crippen LogP contribution in [0, 0.1) is 12.8 Å². The molecule has 0 aliphatic carbocycles. The summed E-state index contributed by atoms with van der Waals surface area (Å²) in [7, 11) is 0. The molecule has 2 aromatic rings. The Balaban J connectivity index is 1.55. The number of carbonyl (C=O) groups is 2. The van der Waals surface area contributed by atoms with Gasteiger partial charge in [-0.2, -0.15) is 0 Å². The van der Waals surface area contributed by atoms with Gasteiger partial charge in [0.05, 0.1) is 6.42 Å². The zero-order chi connectivity index (χ0) is 18.5. The molecule has 7 heteroatoms. The number of aryl methyl sites for hydroxylation is 2. The van der Waals surface area contributed by atoms with Crippen LogP contribution in [0.4, 0.5) is 5.69 Å². The Labute approximate surface area is 152 Å². The van der Waals surface area contributed by atoms with Crippen LogP contribution in [0.25, 0.3) is 0 Å². The summed E-state index contributed by atoms with van der Waals surface area (Å²) < 4.78 is 2.13. The summed E-state index contributed by atoms with van der Waals surface area (Å²) in [4.78, 5) is 23.9. The van der Waals surface area contributed by atoms with Gasteiger partial charge >= 0.3 is 0 Å². The Morgan fingerprint density at radius 1 is 1.35 bits per heavy atom. The highest BCUT2D eigenvalue weighted by molar-refractivity contribution is 5.99. The number of anilines is 1. The van der Waals surface area contributed by atoms with Gasteiger partial charge in [0, 0.05) is 25.2 Å². The first-order valence-corrected chi connectivity index (χ1v) is 8.73. The van der Waals surface area contributed by atoms with Crippen LogP contribution in [0.15, 0.2) is 36.9 Å². The third-order valence-electron chi connectivity index (χ3n) is 4.63. The highest BCUT2D eigenvalue weighted by Crippen LogP contribution is 2.19. The molecule has 2 N–H and O–H groups in total. The molecule has 1 atom stereocenters. The average Bonchev–Trinajstić information content (AvgIpc) is 3.02. The first kappa shape index (κ1) is 17.8. The number of fused-ring (bicyclic) bond motifs is 1. The van der Waals surface area contributed by atoms with E-state index in [1.54, 1.807) is 6.07 Å². The van der Waals surface area contributed by atoms with E-state index in [-0.39, 0.29) is 18.2 Å². The summed E-state index contributed by atoms with van der Waals surface area (Å²) in [5.74, 6) is 1.97. The topological polar surface area (TPSA) is 88.9 Å². The SMILES string of the molecule is C=CC(=O)Nc1ccccc1CC(=O)NCC1CCc2nnc(C)n2C1. The summed E-state index contributed by atoms with van der Waals surface area (Å²) >= 11 is 0. The molecule has 2 amide bonds. The van der Waals surface area contributed by atoms with Gasteiger partial charge in [-0.15, -0.1) is 10.2 Å². The predicted octanol–water partition coefficient (Wildman–Crippen LogP) is 1.63. The van der Waals surface area contributed by atoms with E-state index in [2.05, 4.69) is 32.0 Å². The first-order valence-electron chi connectivity index (χ1n) is 8.73. The molecule has 3 rings (SSSR count). The van der Waals surface area contributed by atoms with Gasteiger partial charge in [-0.05, 0) is 37.0 Å². The number of para-hydroxylation sites is 1. The van der Waals surface area contributed by atoms with Crippen molar-refractivity contribution in [3.05, 3.63) is 54.1 Å². The van der Waals surface area contributed by atoms with Crippen molar-refractivity contribution in [2.24, 2.45) is 5.92 Å². The summed E-state index contributed by atoms with van der Waals surface area (Å²) in [6.07, 6.45) is 3.31. The first-order chi connectivity index (χ1) is 12.6. The number of nitrogens with zero attached hydrogens (tertiary/aromatic N) is 3. The summed E-state index contributed by atoms with van der Waals surface area (Å²) in [6.45, 7) is 6.85. The molecule has 1 unspecified atom stereocenters. The molecule has 0 fully saturated rings. The van der Waals surface area contributed by atoms with Crippen molar-refractivity contribution in [3.63, 3.8) is 0 Å². The quantitative estimate of drug-likeness (QED) is 0.773. The number of hydrogen-bond donors (Lipinski definition) is 2. The largest absolute Gasteiger partial charge is 0.355 e. The van der Waals surface area contributed by atoms with Crippen LogP contribution in [-0.2, 0) is 29.0 Å². The molecular formula is C19H23N5O2. The third-order valence-corrected chi connectivity index (χ3v) is 4.63. The van der Waals surface area contributed by atoms with Crippen molar-refractivity contribution in [2.75, 3.05) is 11.9 Å². The molecular weight excluding hydrogens is 330 g/mol. The number of rotatable bonds is 6. The average molecular weight is 353 g/mol. The molecule has 0 bridgehead atoms. The van der Waals surface area contributed by atoms with Crippen molar-refractivity contribution in [1.82, 2.24) is 20.1 Å². The van der Waals surface area contributed by atoms with E-state index in [0.717, 1.165) is 36.6 Å². The Hall–Kier alpha value is -2.96. The van der Waals surface area contributed by atoms with Gasteiger partial charge in [0.15, 0.2) is 0 Å². The predicted molar refractivity (Wildman–Crippen MR) is 98.6 cm³/mol. The normalized spacial score (nSPS) is 15.8. The molecule has 26 heavy (non-hydrogen) atoms. The lowest BCUT2D eigenvalue weighted by Crippen LogP contribution is -2.34. The minimum Gasteiger partial charge on any atom is -0.355 e. The van der Waals surface area contributed by atoms with E-state index < -0.39 is 0 Å². The molecule has 2 heterocycles. The van der Waals surface area contributed by atoms with Crippen LogP contribution in [0.3, 0.4) is 0 Å². The molecule has 1 aromatic heterocycles. The summed E-state index contributed by atoms with van der Waals surface area (Å²) in [5, 5.41) is 14.0. The number of aromatic nitrogens is 3. The number of nitrogens with one attached hydrogen (secondary N) is 2. The van der Waals surface area contributed by atoms with E-state index >= 15 is 0 Å². The molecule has 136 valence electrons. The molecule has 0 saturated carbocycles. The Kier molecular flexibility index (Phi) is 5.46. The van der Waals surface area contributed by atoms with E-state index in [4.69, 9.17) is 0 Å². The molecule has 0 radical (unpaired) electrons. The van der Waals surface area contributed by atoms with Crippen LogP contribution in [0.1, 0.15) is 23.6 Å². The van der Waals surface area contributed by atoms with E-state index in [1.165, 1.54) is 6.08 Å². The van der Waals surface area contributed by atoms with Crippen LogP contribution >= 0.6 is 0 Å². The Bertz CT molecular complexity index is 827. The fraction of sp³-hybridized carbons (Fsp3) is 0.368. The second-order valence-corrected chi connectivity index (χ2v) is 6.51. The van der Waals surface area contributed by atoms with Crippen molar-refractivity contribution < 1.29 is 9.59 Å². The monoisotopic (exact) mass is 353 g/mol. The standard InChI is InChI=1S/C19H23N5O2/c1-3-18(25)21-16-7-5-4-6-15(16)10-19(26)20-11-14-8-9-17-23-22-13(2)24(17)12-14/h3-7,14H,1,8-12H2,2H3,(H,20,26)(H,21,25). The van der Waals surface area contributed by atoms with Crippen molar-refractivity contribution >= 4 is 17.5 Å². The molecule has 0 spiro atoms. The lowest BCUT2D eigenvalue weighted by Gasteiger charge is -2.24. The minimum absolute atomic E-state index is 0.0587. The smallest absolute Gasteiger partial charge is 0.247 e. The van der Waals surface area contributed by atoms with Gasteiger partial charge in [0.1, 0.15) is 11.6 Å². The maximum atomic E-state index is 12.3. The summed E-state index contributed by atoms with van der Waals surface area (Å²) in [6, 6.07) is 7.29. The van der Waals surface area contributed by atoms with Crippen LogP contribution < -0.4 is 10.6 Å². The zero-order valence-electron chi connectivity index (χ0n) is 14.9. The van der Waals surface area contributed by atoms with Crippen LogP contribution in [0.2, 0.25) is 0 Å². The maximum absolute atomic E-state index is 12.3. The fourth-order valence-corrected chi connectivity index (χ4v) is 3.17. The Morgan fingerprint density at radius 3 is 2.96 bits per heavy atom. The van der Waals surface area contributed by atoms with Crippen LogP contribution in [-0.4, -0.2) is 33.1 Å². The minimum atomic E-state index is -0.292. The van der Waals surface area contributed by atoms with Gasteiger partial charge in [-0.25, -0.2) is 0 Å². The second kappa shape index (κ2) is 7.95. The van der Waals surface area contributed by atoms with Gasteiger partial charge in [-0.1, -0.05) is 24.8 Å². The maximum Gasteiger partial charge on any atom is 0.247 e.